The van der Waals surface area contributed by atoms with Gasteiger partial charge in [0.05, 0.1) is 17.2 Å². The third-order valence-electron chi connectivity index (χ3n) is 3.73. The number of anilines is 1. The highest BCUT2D eigenvalue weighted by atomic mass is 79.9. The molecular formula is C13H16BrN5O. The highest BCUT2D eigenvalue weighted by Crippen LogP contribution is 2.35. The van der Waals surface area contributed by atoms with Gasteiger partial charge in [0.2, 0.25) is 0 Å². The third-order valence-corrected chi connectivity index (χ3v) is 4.71. The summed E-state index contributed by atoms with van der Waals surface area (Å²) in [5.41, 5.74) is 0.743. The van der Waals surface area contributed by atoms with Crippen molar-refractivity contribution in [3.05, 3.63) is 34.2 Å². The standard InChI is InChI=1S/C13H16BrN5O/c1-9-3-5-15-12(11(9)14)19-6-2-4-13(20,8-19)10-7-16-18-17-10/h3,5,7,20H,2,4,6,8H2,1H3,(H,16,17,18). The zero-order valence-corrected chi connectivity index (χ0v) is 12.8. The minimum absolute atomic E-state index is 0.467. The number of nitrogens with one attached hydrogen (secondary N) is 1. The van der Waals surface area contributed by atoms with Gasteiger partial charge in [-0.25, -0.2) is 4.98 Å². The maximum absolute atomic E-state index is 10.8. The lowest BCUT2D eigenvalue weighted by Crippen LogP contribution is -2.47. The summed E-state index contributed by atoms with van der Waals surface area (Å²) in [7, 11) is 0. The molecule has 1 aliphatic rings. The second kappa shape index (κ2) is 5.14. The molecule has 1 unspecified atom stereocenters. The molecule has 7 heteroatoms. The summed E-state index contributed by atoms with van der Waals surface area (Å²) >= 11 is 3.58. The van der Waals surface area contributed by atoms with Crippen molar-refractivity contribution in [3.63, 3.8) is 0 Å². The summed E-state index contributed by atoms with van der Waals surface area (Å²) < 4.78 is 0.976. The Morgan fingerprint density at radius 2 is 2.35 bits per heavy atom. The molecule has 2 aromatic heterocycles. The lowest BCUT2D eigenvalue weighted by molar-refractivity contribution is 0.0174. The molecule has 2 aromatic rings. The average molecular weight is 338 g/mol. The fourth-order valence-corrected chi connectivity index (χ4v) is 3.08. The van der Waals surface area contributed by atoms with E-state index in [2.05, 4.69) is 41.2 Å². The second-order valence-electron chi connectivity index (χ2n) is 5.18. The molecule has 0 radical (unpaired) electrons. The molecule has 0 amide bonds. The Hall–Kier alpha value is -1.47. The van der Waals surface area contributed by atoms with Crippen LogP contribution >= 0.6 is 15.9 Å². The molecule has 1 aliphatic heterocycles. The van der Waals surface area contributed by atoms with E-state index < -0.39 is 5.60 Å². The Morgan fingerprint density at radius 1 is 1.50 bits per heavy atom. The lowest BCUT2D eigenvalue weighted by Gasteiger charge is -2.39. The molecule has 1 atom stereocenters. The predicted octanol–water partition coefficient (Wildman–Crippen LogP) is 1.76. The molecule has 1 fully saturated rings. The topological polar surface area (TPSA) is 77.9 Å². The summed E-state index contributed by atoms with van der Waals surface area (Å²) in [4.78, 5) is 6.53. The maximum Gasteiger partial charge on any atom is 0.143 e. The van der Waals surface area contributed by atoms with Crippen molar-refractivity contribution in [1.29, 1.82) is 0 Å². The average Bonchev–Trinajstić information content (AvgIpc) is 2.97. The van der Waals surface area contributed by atoms with E-state index in [0.717, 1.165) is 28.8 Å². The maximum atomic E-state index is 10.8. The van der Waals surface area contributed by atoms with Crippen molar-refractivity contribution in [3.8, 4) is 0 Å². The number of piperidine rings is 1. The van der Waals surface area contributed by atoms with Crippen LogP contribution in [0, 0.1) is 6.92 Å². The first-order valence-electron chi connectivity index (χ1n) is 6.55. The van der Waals surface area contributed by atoms with Gasteiger partial charge in [0.1, 0.15) is 17.1 Å². The number of rotatable bonds is 2. The molecule has 20 heavy (non-hydrogen) atoms. The van der Waals surface area contributed by atoms with Crippen molar-refractivity contribution >= 4 is 21.7 Å². The molecule has 6 nitrogen and oxygen atoms in total. The SMILES string of the molecule is Cc1ccnc(N2CCCC(O)(c3cn[nH]n3)C2)c1Br. The third kappa shape index (κ3) is 2.31. The van der Waals surface area contributed by atoms with Crippen molar-refractivity contribution in [2.45, 2.75) is 25.4 Å². The summed E-state index contributed by atoms with van der Waals surface area (Å²) in [6, 6.07) is 1.96. The minimum Gasteiger partial charge on any atom is -0.382 e. The van der Waals surface area contributed by atoms with Crippen LogP contribution in [0.5, 0.6) is 0 Å². The van der Waals surface area contributed by atoms with E-state index in [-0.39, 0.29) is 0 Å². The molecule has 2 N–H and O–H groups in total. The van der Waals surface area contributed by atoms with E-state index in [1.807, 2.05) is 13.0 Å². The van der Waals surface area contributed by atoms with Crippen LogP contribution in [0.4, 0.5) is 5.82 Å². The number of hydrogen-bond donors (Lipinski definition) is 2. The largest absolute Gasteiger partial charge is 0.382 e. The van der Waals surface area contributed by atoms with Crippen LogP contribution in [-0.2, 0) is 5.60 Å². The van der Waals surface area contributed by atoms with Crippen LogP contribution in [0.3, 0.4) is 0 Å². The zero-order chi connectivity index (χ0) is 14.2. The number of H-pyrrole nitrogens is 1. The lowest BCUT2D eigenvalue weighted by atomic mass is 9.90. The number of pyridine rings is 1. The number of aromatic nitrogens is 4. The van der Waals surface area contributed by atoms with Gasteiger partial charge in [-0.3, -0.25) is 0 Å². The molecule has 1 saturated heterocycles. The van der Waals surface area contributed by atoms with Crippen molar-refractivity contribution in [1.82, 2.24) is 20.4 Å². The van der Waals surface area contributed by atoms with E-state index in [4.69, 9.17) is 0 Å². The number of aliphatic hydroxyl groups is 1. The van der Waals surface area contributed by atoms with Crippen molar-refractivity contribution < 1.29 is 5.11 Å². The molecule has 0 aromatic carbocycles. The van der Waals surface area contributed by atoms with Crippen molar-refractivity contribution in [2.24, 2.45) is 0 Å². The van der Waals surface area contributed by atoms with Crippen LogP contribution in [0.25, 0.3) is 0 Å². The molecule has 3 heterocycles. The molecule has 0 saturated carbocycles. The van der Waals surface area contributed by atoms with E-state index in [9.17, 15) is 5.11 Å². The molecule has 3 rings (SSSR count). The summed E-state index contributed by atoms with van der Waals surface area (Å²) in [5.74, 6) is 0.867. The number of nitrogens with zero attached hydrogens (tertiary/aromatic N) is 4. The Balaban J connectivity index is 1.91. The Bertz CT molecular complexity index is 603. The Labute approximate surface area is 125 Å². The van der Waals surface area contributed by atoms with Gasteiger partial charge in [0.15, 0.2) is 0 Å². The molecule has 0 spiro atoms. The summed E-state index contributed by atoms with van der Waals surface area (Å²) in [6.07, 6.45) is 4.94. The number of halogens is 1. The van der Waals surface area contributed by atoms with Gasteiger partial charge in [0.25, 0.3) is 0 Å². The zero-order valence-electron chi connectivity index (χ0n) is 11.2. The first kappa shape index (κ1) is 13.5. The summed E-state index contributed by atoms with van der Waals surface area (Å²) in [6.45, 7) is 3.37. The number of aryl methyl sites for hydroxylation is 1. The van der Waals surface area contributed by atoms with Crippen LogP contribution in [0.15, 0.2) is 22.9 Å². The molecule has 0 bridgehead atoms. The first-order valence-corrected chi connectivity index (χ1v) is 7.34. The fraction of sp³-hybridized carbons (Fsp3) is 0.462. The highest BCUT2D eigenvalue weighted by Gasteiger charge is 2.38. The van der Waals surface area contributed by atoms with Gasteiger partial charge in [-0.2, -0.15) is 15.4 Å². The summed E-state index contributed by atoms with van der Waals surface area (Å²) in [5, 5.41) is 21.2. The van der Waals surface area contributed by atoms with E-state index in [0.29, 0.717) is 18.7 Å². The Kier molecular flexibility index (Phi) is 3.47. The van der Waals surface area contributed by atoms with Crippen LogP contribution in [0.1, 0.15) is 24.1 Å². The van der Waals surface area contributed by atoms with Crippen LogP contribution in [0.2, 0.25) is 0 Å². The Morgan fingerprint density at radius 3 is 3.10 bits per heavy atom. The van der Waals surface area contributed by atoms with Gasteiger partial charge < -0.3 is 10.0 Å². The quantitative estimate of drug-likeness (QED) is 0.872. The number of hydrogen-bond acceptors (Lipinski definition) is 5. The fourth-order valence-electron chi connectivity index (χ4n) is 2.60. The van der Waals surface area contributed by atoms with E-state index in [1.165, 1.54) is 0 Å². The van der Waals surface area contributed by atoms with Gasteiger partial charge in [0, 0.05) is 12.7 Å². The first-order chi connectivity index (χ1) is 9.60. The smallest absolute Gasteiger partial charge is 0.143 e. The van der Waals surface area contributed by atoms with E-state index in [1.54, 1.807) is 12.4 Å². The predicted molar refractivity (Wildman–Crippen MR) is 78.4 cm³/mol. The minimum atomic E-state index is -0.976. The normalized spacial score (nSPS) is 23.1. The molecular weight excluding hydrogens is 322 g/mol. The van der Waals surface area contributed by atoms with Gasteiger partial charge >= 0.3 is 0 Å². The van der Waals surface area contributed by atoms with Gasteiger partial charge in [-0.15, -0.1) is 0 Å². The highest BCUT2D eigenvalue weighted by molar-refractivity contribution is 9.10. The molecule has 0 aliphatic carbocycles. The number of β-amino-alcohol motifs (C(OH)–C–C–N with tert-alkyl or cyclic N) is 1. The molecule has 106 valence electrons. The second-order valence-corrected chi connectivity index (χ2v) is 5.97. The van der Waals surface area contributed by atoms with Crippen LogP contribution < -0.4 is 4.90 Å². The van der Waals surface area contributed by atoms with Gasteiger partial charge in [-0.1, -0.05) is 0 Å². The van der Waals surface area contributed by atoms with E-state index >= 15 is 0 Å². The monoisotopic (exact) mass is 337 g/mol. The number of aromatic amines is 1. The van der Waals surface area contributed by atoms with Gasteiger partial charge in [-0.05, 0) is 47.3 Å². The van der Waals surface area contributed by atoms with Crippen LogP contribution in [-0.4, -0.2) is 38.6 Å². The van der Waals surface area contributed by atoms with Crippen molar-refractivity contribution in [2.75, 3.05) is 18.0 Å².